The van der Waals surface area contributed by atoms with Gasteiger partial charge in [-0.3, -0.25) is 9.69 Å². The lowest BCUT2D eigenvalue weighted by Gasteiger charge is -2.38. The van der Waals surface area contributed by atoms with Crippen molar-refractivity contribution in [3.05, 3.63) is 35.9 Å². The molecule has 1 aromatic carbocycles. The standard InChI is InChI=1S/C20H31N3O4/c1-20(2)15-23(12-13-27-20)11-10-21-19(26)22-17(8-9-18(24)25)14-16-6-4-3-5-7-16/h3-7,17H,8-15H2,1-2H3,(H,24,25)(H2,21,22,26). The van der Waals surface area contributed by atoms with Crippen LogP contribution in [0.5, 0.6) is 0 Å². The molecule has 0 radical (unpaired) electrons. The molecule has 1 aromatic rings. The van der Waals surface area contributed by atoms with E-state index in [0.717, 1.165) is 25.2 Å². The Bertz CT molecular complexity index is 607. The fourth-order valence-corrected chi connectivity index (χ4v) is 3.29. The van der Waals surface area contributed by atoms with Crippen LogP contribution in [0, 0.1) is 0 Å². The smallest absolute Gasteiger partial charge is 0.315 e. The van der Waals surface area contributed by atoms with Gasteiger partial charge in [0.05, 0.1) is 12.2 Å². The Kier molecular flexibility index (Phi) is 8.06. The lowest BCUT2D eigenvalue weighted by molar-refractivity contribution is -0.137. The van der Waals surface area contributed by atoms with E-state index in [4.69, 9.17) is 9.84 Å². The number of ether oxygens (including phenoxy) is 1. The number of carbonyl (C=O) groups excluding carboxylic acids is 1. The summed E-state index contributed by atoms with van der Waals surface area (Å²) in [6.45, 7) is 7.84. The predicted octanol–water partition coefficient (Wildman–Crippen LogP) is 1.87. The van der Waals surface area contributed by atoms with E-state index in [9.17, 15) is 9.59 Å². The first-order valence-corrected chi connectivity index (χ1v) is 9.50. The van der Waals surface area contributed by atoms with Gasteiger partial charge in [-0.25, -0.2) is 4.79 Å². The SMILES string of the molecule is CC1(C)CN(CCNC(=O)NC(CCC(=O)O)Cc2ccccc2)CCO1. The highest BCUT2D eigenvalue weighted by molar-refractivity contribution is 5.74. The third-order valence-corrected chi connectivity index (χ3v) is 4.59. The molecule has 1 unspecified atom stereocenters. The summed E-state index contributed by atoms with van der Waals surface area (Å²) in [5.41, 5.74) is 0.918. The summed E-state index contributed by atoms with van der Waals surface area (Å²) in [4.78, 5) is 25.4. The van der Waals surface area contributed by atoms with Crippen LogP contribution in [0.3, 0.4) is 0 Å². The molecule has 1 fully saturated rings. The second-order valence-electron chi connectivity index (χ2n) is 7.60. The summed E-state index contributed by atoms with van der Waals surface area (Å²) in [5, 5.41) is 14.7. The van der Waals surface area contributed by atoms with Crippen LogP contribution in [0.25, 0.3) is 0 Å². The Labute approximate surface area is 161 Å². The second-order valence-corrected chi connectivity index (χ2v) is 7.60. The molecule has 1 atom stereocenters. The van der Waals surface area contributed by atoms with Crippen molar-refractivity contribution in [2.24, 2.45) is 0 Å². The number of nitrogens with one attached hydrogen (secondary N) is 2. The monoisotopic (exact) mass is 377 g/mol. The maximum atomic E-state index is 12.2. The van der Waals surface area contributed by atoms with Gasteiger partial charge < -0.3 is 20.5 Å². The highest BCUT2D eigenvalue weighted by atomic mass is 16.5. The Morgan fingerprint density at radius 1 is 1.30 bits per heavy atom. The number of nitrogens with zero attached hydrogens (tertiary/aromatic N) is 1. The molecular weight excluding hydrogens is 346 g/mol. The molecule has 0 spiro atoms. The molecule has 150 valence electrons. The second kappa shape index (κ2) is 10.3. The van der Waals surface area contributed by atoms with Gasteiger partial charge in [0.1, 0.15) is 0 Å². The highest BCUT2D eigenvalue weighted by Gasteiger charge is 2.26. The Morgan fingerprint density at radius 3 is 2.70 bits per heavy atom. The topological polar surface area (TPSA) is 90.9 Å². The van der Waals surface area contributed by atoms with Crippen LogP contribution >= 0.6 is 0 Å². The van der Waals surface area contributed by atoms with Gasteiger partial charge in [0.25, 0.3) is 0 Å². The highest BCUT2D eigenvalue weighted by Crippen LogP contribution is 2.15. The molecule has 1 aliphatic heterocycles. The molecule has 0 saturated carbocycles. The van der Waals surface area contributed by atoms with Crippen LogP contribution in [0.1, 0.15) is 32.3 Å². The van der Waals surface area contributed by atoms with Crippen molar-refractivity contribution in [1.29, 1.82) is 0 Å². The van der Waals surface area contributed by atoms with Crippen molar-refractivity contribution in [2.45, 2.75) is 44.8 Å². The van der Waals surface area contributed by atoms with Crippen molar-refractivity contribution >= 4 is 12.0 Å². The molecule has 0 aromatic heterocycles. The summed E-state index contributed by atoms with van der Waals surface area (Å²) in [6, 6.07) is 9.30. The lowest BCUT2D eigenvalue weighted by Crippen LogP contribution is -2.51. The van der Waals surface area contributed by atoms with Gasteiger partial charge >= 0.3 is 12.0 Å². The lowest BCUT2D eigenvalue weighted by atomic mass is 10.0. The van der Waals surface area contributed by atoms with Gasteiger partial charge in [-0.2, -0.15) is 0 Å². The van der Waals surface area contributed by atoms with E-state index in [2.05, 4.69) is 29.4 Å². The van der Waals surface area contributed by atoms with E-state index >= 15 is 0 Å². The van der Waals surface area contributed by atoms with Crippen LogP contribution in [0.15, 0.2) is 30.3 Å². The van der Waals surface area contributed by atoms with E-state index in [1.807, 2.05) is 30.3 Å². The molecular formula is C20H31N3O4. The molecule has 2 rings (SSSR count). The number of hydrogen-bond donors (Lipinski definition) is 3. The van der Waals surface area contributed by atoms with Crippen molar-refractivity contribution in [2.75, 3.05) is 32.8 Å². The Morgan fingerprint density at radius 2 is 2.04 bits per heavy atom. The molecule has 1 aliphatic rings. The summed E-state index contributed by atoms with van der Waals surface area (Å²) in [7, 11) is 0. The first-order valence-electron chi connectivity index (χ1n) is 9.50. The number of carboxylic acid groups (broad SMARTS) is 1. The van der Waals surface area contributed by atoms with Crippen LogP contribution in [0.4, 0.5) is 4.79 Å². The van der Waals surface area contributed by atoms with E-state index in [0.29, 0.717) is 26.0 Å². The zero-order valence-electron chi connectivity index (χ0n) is 16.2. The molecule has 7 nitrogen and oxygen atoms in total. The van der Waals surface area contributed by atoms with Crippen LogP contribution < -0.4 is 10.6 Å². The molecule has 1 heterocycles. The fourth-order valence-electron chi connectivity index (χ4n) is 3.29. The first-order chi connectivity index (χ1) is 12.8. The number of carbonyl (C=O) groups is 2. The van der Waals surface area contributed by atoms with Crippen molar-refractivity contribution in [3.63, 3.8) is 0 Å². The Balaban J connectivity index is 1.77. The zero-order valence-corrected chi connectivity index (χ0v) is 16.2. The number of benzene rings is 1. The molecule has 27 heavy (non-hydrogen) atoms. The number of morpholine rings is 1. The van der Waals surface area contributed by atoms with Gasteiger partial charge in [0.2, 0.25) is 0 Å². The van der Waals surface area contributed by atoms with Crippen LogP contribution in [-0.4, -0.2) is 66.4 Å². The minimum absolute atomic E-state index is 0.0284. The van der Waals surface area contributed by atoms with Crippen LogP contribution in [0.2, 0.25) is 0 Å². The number of aliphatic carboxylic acids is 1. The number of carboxylic acids is 1. The van der Waals surface area contributed by atoms with Gasteiger partial charge in [-0.15, -0.1) is 0 Å². The molecule has 0 aliphatic carbocycles. The van der Waals surface area contributed by atoms with Gasteiger partial charge in [-0.05, 0) is 32.3 Å². The maximum absolute atomic E-state index is 12.2. The summed E-state index contributed by atoms with van der Waals surface area (Å²) in [5.74, 6) is -0.856. The van der Waals surface area contributed by atoms with E-state index in [1.165, 1.54) is 0 Å². The minimum atomic E-state index is -0.856. The first kappa shape index (κ1) is 21.2. The average Bonchev–Trinajstić information content (AvgIpc) is 2.60. The Hall–Kier alpha value is -2.12. The normalized spacial score (nSPS) is 17.9. The minimum Gasteiger partial charge on any atom is -0.481 e. The average molecular weight is 377 g/mol. The third kappa shape index (κ3) is 8.41. The zero-order chi connectivity index (χ0) is 19.7. The maximum Gasteiger partial charge on any atom is 0.315 e. The molecule has 0 bridgehead atoms. The van der Waals surface area contributed by atoms with E-state index in [1.54, 1.807) is 0 Å². The number of amides is 2. The van der Waals surface area contributed by atoms with Crippen molar-refractivity contribution in [3.8, 4) is 0 Å². The van der Waals surface area contributed by atoms with E-state index in [-0.39, 0.29) is 24.1 Å². The predicted molar refractivity (Wildman–Crippen MR) is 104 cm³/mol. The van der Waals surface area contributed by atoms with Crippen LogP contribution in [-0.2, 0) is 16.0 Å². The van der Waals surface area contributed by atoms with Gasteiger partial charge in [0, 0.05) is 38.6 Å². The largest absolute Gasteiger partial charge is 0.481 e. The van der Waals surface area contributed by atoms with Gasteiger partial charge in [-0.1, -0.05) is 30.3 Å². The molecule has 7 heteroatoms. The van der Waals surface area contributed by atoms with Gasteiger partial charge in [0.15, 0.2) is 0 Å². The van der Waals surface area contributed by atoms with Crippen molar-refractivity contribution in [1.82, 2.24) is 15.5 Å². The summed E-state index contributed by atoms with van der Waals surface area (Å²) in [6.07, 6.45) is 1.04. The molecule has 2 amide bonds. The third-order valence-electron chi connectivity index (χ3n) is 4.59. The molecule has 3 N–H and O–H groups in total. The number of hydrogen-bond acceptors (Lipinski definition) is 4. The fraction of sp³-hybridized carbons (Fsp3) is 0.600. The number of urea groups is 1. The number of rotatable bonds is 9. The quantitative estimate of drug-likeness (QED) is 0.611. The summed E-state index contributed by atoms with van der Waals surface area (Å²) >= 11 is 0. The molecule has 1 saturated heterocycles. The summed E-state index contributed by atoms with van der Waals surface area (Å²) < 4.78 is 5.69. The van der Waals surface area contributed by atoms with Crippen molar-refractivity contribution < 1.29 is 19.4 Å². The van der Waals surface area contributed by atoms with E-state index < -0.39 is 5.97 Å².